The molecule has 0 radical (unpaired) electrons. The van der Waals surface area contributed by atoms with Gasteiger partial charge in [-0.15, -0.1) is 0 Å². The lowest BCUT2D eigenvalue weighted by molar-refractivity contribution is -0.0378. The standard InChI is InChI=1S/C14H17ClO4/c1-2-17-13(16)19-14(10-18-14)8-4-6-11-5-3-7-12(15)9-11/h3,5,7,9H,2,4,6,8,10H2,1H3. The number of carbonyl (C=O) groups excluding carboxylic acids is 1. The van der Waals surface area contributed by atoms with Gasteiger partial charge < -0.3 is 14.2 Å². The quantitative estimate of drug-likeness (QED) is 0.592. The van der Waals surface area contributed by atoms with E-state index in [1.165, 1.54) is 5.56 Å². The minimum absolute atomic E-state index is 0.303. The highest BCUT2D eigenvalue weighted by atomic mass is 35.5. The van der Waals surface area contributed by atoms with Gasteiger partial charge in [0.2, 0.25) is 5.79 Å². The van der Waals surface area contributed by atoms with E-state index in [4.69, 9.17) is 25.8 Å². The maximum Gasteiger partial charge on any atom is 0.510 e. The van der Waals surface area contributed by atoms with Crippen molar-refractivity contribution in [1.82, 2.24) is 0 Å². The topological polar surface area (TPSA) is 48.1 Å². The van der Waals surface area contributed by atoms with Gasteiger partial charge in [-0.25, -0.2) is 4.79 Å². The van der Waals surface area contributed by atoms with Gasteiger partial charge in [0.05, 0.1) is 6.61 Å². The molecule has 0 aromatic heterocycles. The first kappa shape index (κ1) is 14.2. The minimum Gasteiger partial charge on any atom is -0.435 e. The van der Waals surface area contributed by atoms with Crippen LogP contribution >= 0.6 is 11.6 Å². The van der Waals surface area contributed by atoms with Crippen LogP contribution in [0.5, 0.6) is 0 Å². The van der Waals surface area contributed by atoms with Crippen molar-refractivity contribution in [2.45, 2.75) is 32.0 Å². The van der Waals surface area contributed by atoms with Crippen molar-refractivity contribution in [3.63, 3.8) is 0 Å². The van der Waals surface area contributed by atoms with E-state index in [1.807, 2.05) is 24.3 Å². The minimum atomic E-state index is -0.759. The number of halogens is 1. The van der Waals surface area contributed by atoms with E-state index in [2.05, 4.69) is 0 Å². The predicted octanol–water partition coefficient (Wildman–Crippen LogP) is 3.56. The Balaban J connectivity index is 1.75. The van der Waals surface area contributed by atoms with Crippen LogP contribution in [0.2, 0.25) is 5.02 Å². The Morgan fingerprint density at radius 3 is 2.95 bits per heavy atom. The monoisotopic (exact) mass is 284 g/mol. The number of rotatable bonds is 6. The maximum absolute atomic E-state index is 11.2. The Hall–Kier alpha value is -1.26. The Labute approximate surface area is 117 Å². The Bertz CT molecular complexity index is 443. The number of carbonyl (C=O) groups is 1. The van der Waals surface area contributed by atoms with E-state index in [0.717, 1.165) is 17.9 Å². The molecule has 0 bridgehead atoms. The van der Waals surface area contributed by atoms with Gasteiger partial charge in [0.25, 0.3) is 0 Å². The zero-order valence-corrected chi connectivity index (χ0v) is 11.6. The average molecular weight is 285 g/mol. The van der Waals surface area contributed by atoms with Gasteiger partial charge in [-0.05, 0) is 37.5 Å². The lowest BCUT2D eigenvalue weighted by Gasteiger charge is -2.12. The van der Waals surface area contributed by atoms with Gasteiger partial charge in [0, 0.05) is 11.4 Å². The summed E-state index contributed by atoms with van der Waals surface area (Å²) in [5, 5.41) is 0.734. The molecule has 1 fully saturated rings. The predicted molar refractivity (Wildman–Crippen MR) is 71.2 cm³/mol. The number of benzene rings is 1. The average Bonchev–Trinajstić information content (AvgIpc) is 3.09. The second-order valence-corrected chi connectivity index (χ2v) is 4.90. The van der Waals surface area contributed by atoms with Crippen LogP contribution in [-0.4, -0.2) is 25.2 Å². The van der Waals surface area contributed by atoms with Crippen molar-refractivity contribution in [1.29, 1.82) is 0 Å². The van der Waals surface area contributed by atoms with Crippen LogP contribution in [0, 0.1) is 0 Å². The van der Waals surface area contributed by atoms with E-state index in [0.29, 0.717) is 19.6 Å². The Morgan fingerprint density at radius 2 is 2.32 bits per heavy atom. The molecule has 19 heavy (non-hydrogen) atoms. The van der Waals surface area contributed by atoms with Gasteiger partial charge >= 0.3 is 6.16 Å². The van der Waals surface area contributed by atoms with E-state index in [1.54, 1.807) is 6.92 Å². The smallest absolute Gasteiger partial charge is 0.435 e. The van der Waals surface area contributed by atoms with E-state index < -0.39 is 11.9 Å². The molecule has 1 atom stereocenters. The molecule has 1 aliphatic rings. The summed E-state index contributed by atoms with van der Waals surface area (Å²) in [5.74, 6) is -0.759. The van der Waals surface area contributed by atoms with Crippen molar-refractivity contribution in [3.8, 4) is 0 Å². The van der Waals surface area contributed by atoms with Crippen LogP contribution in [0.1, 0.15) is 25.3 Å². The number of hydrogen-bond acceptors (Lipinski definition) is 4. The number of ether oxygens (including phenoxy) is 3. The molecule has 0 amide bonds. The Kier molecular flexibility index (Phi) is 4.66. The summed E-state index contributed by atoms with van der Waals surface area (Å²) in [6.07, 6.45) is 1.73. The molecule has 1 unspecified atom stereocenters. The number of epoxide rings is 1. The summed E-state index contributed by atoms with van der Waals surface area (Å²) >= 11 is 5.92. The van der Waals surface area contributed by atoms with Crippen molar-refractivity contribution < 1.29 is 19.0 Å². The molecule has 104 valence electrons. The van der Waals surface area contributed by atoms with Crippen molar-refractivity contribution >= 4 is 17.8 Å². The summed E-state index contributed by atoms with van der Waals surface area (Å²) in [6, 6.07) is 7.74. The first-order chi connectivity index (χ1) is 9.13. The highest BCUT2D eigenvalue weighted by Crippen LogP contribution is 2.34. The first-order valence-corrected chi connectivity index (χ1v) is 6.75. The second kappa shape index (κ2) is 6.26. The normalized spacial score (nSPS) is 20.9. The van der Waals surface area contributed by atoms with Gasteiger partial charge in [0.1, 0.15) is 6.61 Å². The zero-order valence-electron chi connectivity index (χ0n) is 10.9. The fourth-order valence-corrected chi connectivity index (χ4v) is 2.10. The summed E-state index contributed by atoms with van der Waals surface area (Å²) in [7, 11) is 0. The molecule has 1 aliphatic heterocycles. The van der Waals surface area contributed by atoms with Gasteiger partial charge in [-0.2, -0.15) is 0 Å². The molecule has 2 rings (SSSR count). The van der Waals surface area contributed by atoms with Crippen LogP contribution in [0.3, 0.4) is 0 Å². The third-order valence-corrected chi connectivity index (χ3v) is 3.15. The molecule has 0 N–H and O–H groups in total. The van der Waals surface area contributed by atoms with Crippen molar-refractivity contribution in [2.24, 2.45) is 0 Å². The maximum atomic E-state index is 11.2. The molecule has 1 heterocycles. The summed E-state index contributed by atoms with van der Waals surface area (Å²) in [6.45, 7) is 2.49. The summed E-state index contributed by atoms with van der Waals surface area (Å²) < 4.78 is 15.1. The van der Waals surface area contributed by atoms with Crippen molar-refractivity contribution in [2.75, 3.05) is 13.2 Å². The first-order valence-electron chi connectivity index (χ1n) is 6.38. The van der Waals surface area contributed by atoms with Gasteiger partial charge in [-0.3, -0.25) is 0 Å². The summed E-state index contributed by atoms with van der Waals surface area (Å²) in [5.41, 5.74) is 1.17. The molecular weight excluding hydrogens is 268 g/mol. The molecule has 0 aliphatic carbocycles. The van der Waals surface area contributed by atoms with E-state index >= 15 is 0 Å². The van der Waals surface area contributed by atoms with Gasteiger partial charge in [0.15, 0.2) is 0 Å². The third kappa shape index (κ3) is 4.40. The molecule has 1 aromatic carbocycles. The largest absolute Gasteiger partial charge is 0.510 e. The van der Waals surface area contributed by atoms with Crippen molar-refractivity contribution in [3.05, 3.63) is 34.9 Å². The molecule has 1 aromatic rings. The highest BCUT2D eigenvalue weighted by molar-refractivity contribution is 6.30. The lowest BCUT2D eigenvalue weighted by atomic mass is 10.1. The van der Waals surface area contributed by atoms with E-state index in [-0.39, 0.29) is 0 Å². The molecule has 5 heteroatoms. The van der Waals surface area contributed by atoms with Crippen LogP contribution in [0.4, 0.5) is 4.79 Å². The zero-order chi connectivity index (χ0) is 13.7. The van der Waals surface area contributed by atoms with Crippen LogP contribution in [-0.2, 0) is 20.6 Å². The van der Waals surface area contributed by atoms with Gasteiger partial charge in [-0.1, -0.05) is 23.7 Å². The number of aryl methyl sites for hydroxylation is 1. The fraction of sp³-hybridized carbons (Fsp3) is 0.500. The second-order valence-electron chi connectivity index (χ2n) is 4.47. The molecular formula is C14H17ClO4. The Morgan fingerprint density at radius 1 is 1.53 bits per heavy atom. The molecule has 1 saturated heterocycles. The van der Waals surface area contributed by atoms with Crippen LogP contribution in [0.15, 0.2) is 24.3 Å². The lowest BCUT2D eigenvalue weighted by Crippen LogP contribution is -2.22. The molecule has 0 saturated carbocycles. The van der Waals surface area contributed by atoms with Crippen LogP contribution < -0.4 is 0 Å². The third-order valence-electron chi connectivity index (χ3n) is 2.91. The number of hydrogen-bond donors (Lipinski definition) is 0. The molecule has 4 nitrogen and oxygen atoms in total. The van der Waals surface area contributed by atoms with Crippen LogP contribution in [0.25, 0.3) is 0 Å². The molecule has 0 spiro atoms. The summed E-state index contributed by atoms with van der Waals surface area (Å²) in [4.78, 5) is 11.2. The van der Waals surface area contributed by atoms with E-state index in [9.17, 15) is 4.79 Å². The SMILES string of the molecule is CCOC(=O)OC1(CCCc2cccc(Cl)c2)CO1. The fourth-order valence-electron chi connectivity index (χ4n) is 1.89. The highest BCUT2D eigenvalue weighted by Gasteiger charge is 2.49.